The minimum atomic E-state index is -1.08. The standard InChI is InChI=1S/C13H12N2O3S/c1-7-3-11(8(2)19-7)12(16)15-10-4-9(13(17)18)5-14-6-10/h3-6H,1-2H3,(H,15,16)(H,17,18). The summed E-state index contributed by atoms with van der Waals surface area (Å²) >= 11 is 1.55. The van der Waals surface area contributed by atoms with Gasteiger partial charge in [0.15, 0.2) is 0 Å². The molecule has 0 unspecified atom stereocenters. The number of hydrogen-bond acceptors (Lipinski definition) is 4. The molecule has 0 saturated heterocycles. The van der Waals surface area contributed by atoms with Gasteiger partial charge in [0.1, 0.15) is 0 Å². The van der Waals surface area contributed by atoms with Crippen molar-refractivity contribution in [3.63, 3.8) is 0 Å². The molecule has 2 N–H and O–H groups in total. The zero-order chi connectivity index (χ0) is 14.0. The summed E-state index contributed by atoms with van der Waals surface area (Å²) in [5, 5.41) is 11.5. The fourth-order valence-corrected chi connectivity index (χ4v) is 2.60. The highest BCUT2D eigenvalue weighted by molar-refractivity contribution is 7.12. The number of anilines is 1. The Morgan fingerprint density at radius 2 is 2.00 bits per heavy atom. The third kappa shape index (κ3) is 2.97. The monoisotopic (exact) mass is 276 g/mol. The predicted octanol–water partition coefficient (Wildman–Crippen LogP) is 2.71. The topological polar surface area (TPSA) is 79.3 Å². The van der Waals surface area contributed by atoms with Gasteiger partial charge < -0.3 is 10.4 Å². The molecule has 0 atom stereocenters. The van der Waals surface area contributed by atoms with Gasteiger partial charge in [-0.25, -0.2) is 4.79 Å². The number of aryl methyl sites for hydroxylation is 2. The van der Waals surface area contributed by atoms with Crippen molar-refractivity contribution in [2.45, 2.75) is 13.8 Å². The maximum atomic E-state index is 12.0. The largest absolute Gasteiger partial charge is 0.478 e. The molecule has 2 aromatic heterocycles. The molecule has 2 heterocycles. The van der Waals surface area contributed by atoms with Crippen LogP contribution in [0.1, 0.15) is 30.5 Å². The minimum Gasteiger partial charge on any atom is -0.478 e. The van der Waals surface area contributed by atoms with Gasteiger partial charge in [-0.3, -0.25) is 9.78 Å². The lowest BCUT2D eigenvalue weighted by atomic mass is 10.2. The fourth-order valence-electron chi connectivity index (χ4n) is 1.68. The second kappa shape index (κ2) is 5.19. The average Bonchev–Trinajstić information content (AvgIpc) is 2.69. The van der Waals surface area contributed by atoms with Gasteiger partial charge in [-0.1, -0.05) is 0 Å². The maximum Gasteiger partial charge on any atom is 0.337 e. The number of carboxylic acids is 1. The lowest BCUT2D eigenvalue weighted by Crippen LogP contribution is -2.12. The number of amides is 1. The van der Waals surface area contributed by atoms with Crippen LogP contribution in [0.5, 0.6) is 0 Å². The van der Waals surface area contributed by atoms with Crippen LogP contribution in [0.25, 0.3) is 0 Å². The first-order valence-corrected chi connectivity index (χ1v) is 6.36. The molecule has 0 spiro atoms. The highest BCUT2D eigenvalue weighted by Gasteiger charge is 2.13. The molecule has 0 radical (unpaired) electrons. The molecule has 0 aliphatic rings. The molecule has 98 valence electrons. The first-order chi connectivity index (χ1) is 8.97. The van der Waals surface area contributed by atoms with E-state index in [-0.39, 0.29) is 11.5 Å². The summed E-state index contributed by atoms with van der Waals surface area (Å²) in [6, 6.07) is 3.19. The molecular formula is C13H12N2O3S. The molecule has 6 heteroatoms. The molecule has 0 bridgehead atoms. The van der Waals surface area contributed by atoms with Crippen molar-refractivity contribution in [3.8, 4) is 0 Å². The molecule has 19 heavy (non-hydrogen) atoms. The van der Waals surface area contributed by atoms with Gasteiger partial charge in [0.2, 0.25) is 0 Å². The van der Waals surface area contributed by atoms with Crippen LogP contribution in [0.3, 0.4) is 0 Å². The van der Waals surface area contributed by atoms with E-state index in [1.54, 1.807) is 11.3 Å². The Morgan fingerprint density at radius 1 is 1.26 bits per heavy atom. The van der Waals surface area contributed by atoms with Crippen LogP contribution in [0.4, 0.5) is 5.69 Å². The Balaban J connectivity index is 2.21. The van der Waals surface area contributed by atoms with E-state index in [0.717, 1.165) is 9.75 Å². The zero-order valence-electron chi connectivity index (χ0n) is 10.4. The van der Waals surface area contributed by atoms with Crippen molar-refractivity contribution in [2.75, 3.05) is 5.32 Å². The van der Waals surface area contributed by atoms with E-state index in [9.17, 15) is 9.59 Å². The summed E-state index contributed by atoms with van der Waals surface area (Å²) in [6.45, 7) is 3.81. The number of pyridine rings is 1. The predicted molar refractivity (Wildman–Crippen MR) is 72.9 cm³/mol. The van der Waals surface area contributed by atoms with Gasteiger partial charge in [-0.2, -0.15) is 0 Å². The van der Waals surface area contributed by atoms with Gasteiger partial charge in [-0.15, -0.1) is 11.3 Å². The third-order valence-corrected chi connectivity index (χ3v) is 3.49. The third-order valence-electron chi connectivity index (χ3n) is 2.53. The van der Waals surface area contributed by atoms with E-state index in [2.05, 4.69) is 10.3 Å². The lowest BCUT2D eigenvalue weighted by Gasteiger charge is -2.05. The van der Waals surface area contributed by atoms with E-state index in [1.807, 2.05) is 19.9 Å². The van der Waals surface area contributed by atoms with Gasteiger partial charge >= 0.3 is 5.97 Å². The van der Waals surface area contributed by atoms with Crippen LogP contribution in [0.15, 0.2) is 24.5 Å². The SMILES string of the molecule is Cc1cc(C(=O)Nc2cncc(C(=O)O)c2)c(C)s1. The Morgan fingerprint density at radius 3 is 2.58 bits per heavy atom. The Bertz CT molecular complexity index is 649. The number of hydrogen-bond donors (Lipinski definition) is 2. The molecule has 0 fully saturated rings. The number of carbonyl (C=O) groups is 2. The first kappa shape index (κ1) is 13.2. The van der Waals surface area contributed by atoms with Crippen LogP contribution in [0, 0.1) is 13.8 Å². The molecule has 1 amide bonds. The van der Waals surface area contributed by atoms with Crippen LogP contribution in [0.2, 0.25) is 0 Å². The number of aromatic nitrogens is 1. The molecule has 0 aromatic carbocycles. The number of nitrogens with one attached hydrogen (secondary N) is 1. The summed E-state index contributed by atoms with van der Waals surface area (Å²) in [5.74, 6) is -1.34. The number of aromatic carboxylic acids is 1. The lowest BCUT2D eigenvalue weighted by molar-refractivity contribution is 0.0696. The normalized spacial score (nSPS) is 10.2. The van der Waals surface area contributed by atoms with Crippen LogP contribution in [-0.2, 0) is 0 Å². The van der Waals surface area contributed by atoms with Crippen LogP contribution in [-0.4, -0.2) is 22.0 Å². The molecule has 2 rings (SSSR count). The van der Waals surface area contributed by atoms with E-state index in [4.69, 9.17) is 5.11 Å². The molecule has 0 aliphatic heterocycles. The second-order valence-corrected chi connectivity index (χ2v) is 5.51. The molecule has 5 nitrogen and oxygen atoms in total. The average molecular weight is 276 g/mol. The smallest absolute Gasteiger partial charge is 0.337 e. The number of carboxylic acid groups (broad SMARTS) is 1. The van der Waals surface area contributed by atoms with E-state index >= 15 is 0 Å². The van der Waals surface area contributed by atoms with Crippen molar-refractivity contribution >= 4 is 28.9 Å². The first-order valence-electron chi connectivity index (χ1n) is 5.54. The summed E-state index contributed by atoms with van der Waals surface area (Å²) in [5.41, 5.74) is 1.01. The Kier molecular flexibility index (Phi) is 3.62. The minimum absolute atomic E-state index is 0.0380. The number of rotatable bonds is 3. The highest BCUT2D eigenvalue weighted by atomic mass is 32.1. The number of nitrogens with zero attached hydrogens (tertiary/aromatic N) is 1. The van der Waals surface area contributed by atoms with Gasteiger partial charge in [0.25, 0.3) is 5.91 Å². The molecular weight excluding hydrogens is 264 g/mol. The fraction of sp³-hybridized carbons (Fsp3) is 0.154. The van der Waals surface area contributed by atoms with E-state index in [1.165, 1.54) is 18.5 Å². The Hall–Kier alpha value is -2.21. The number of thiophene rings is 1. The number of carbonyl (C=O) groups excluding carboxylic acids is 1. The quantitative estimate of drug-likeness (QED) is 0.903. The Labute approximate surface area is 113 Å². The summed E-state index contributed by atoms with van der Waals surface area (Å²) in [7, 11) is 0. The summed E-state index contributed by atoms with van der Waals surface area (Å²) in [4.78, 5) is 28.6. The molecule has 2 aromatic rings. The highest BCUT2D eigenvalue weighted by Crippen LogP contribution is 2.21. The van der Waals surface area contributed by atoms with E-state index < -0.39 is 5.97 Å². The van der Waals surface area contributed by atoms with E-state index in [0.29, 0.717) is 11.3 Å². The summed E-state index contributed by atoms with van der Waals surface area (Å²) < 4.78 is 0. The zero-order valence-corrected chi connectivity index (χ0v) is 11.2. The van der Waals surface area contributed by atoms with Crippen molar-refractivity contribution in [1.29, 1.82) is 0 Å². The van der Waals surface area contributed by atoms with Crippen molar-refractivity contribution in [2.24, 2.45) is 0 Å². The van der Waals surface area contributed by atoms with Crippen molar-refractivity contribution in [3.05, 3.63) is 45.4 Å². The molecule has 0 aliphatic carbocycles. The second-order valence-electron chi connectivity index (χ2n) is 4.05. The van der Waals surface area contributed by atoms with Crippen LogP contribution < -0.4 is 5.32 Å². The van der Waals surface area contributed by atoms with Crippen molar-refractivity contribution < 1.29 is 14.7 Å². The van der Waals surface area contributed by atoms with Crippen LogP contribution >= 0.6 is 11.3 Å². The summed E-state index contributed by atoms with van der Waals surface area (Å²) in [6.07, 6.45) is 2.65. The van der Waals surface area contributed by atoms with Gasteiger partial charge in [0.05, 0.1) is 23.0 Å². The van der Waals surface area contributed by atoms with Crippen molar-refractivity contribution in [1.82, 2.24) is 4.98 Å². The molecule has 0 saturated carbocycles. The van der Waals surface area contributed by atoms with Gasteiger partial charge in [-0.05, 0) is 26.0 Å². The van der Waals surface area contributed by atoms with Gasteiger partial charge in [0, 0.05) is 16.0 Å². The maximum absolute atomic E-state index is 12.0.